The van der Waals surface area contributed by atoms with Crippen molar-refractivity contribution in [3.63, 3.8) is 0 Å². The number of nitrogens with zero attached hydrogens (tertiary/aromatic N) is 3. The molecule has 1 aromatic heterocycles. The molecule has 1 fully saturated rings. The van der Waals surface area contributed by atoms with E-state index in [0.717, 1.165) is 23.9 Å². The topological polar surface area (TPSA) is 28.5 Å². The molecule has 0 radical (unpaired) electrons. The van der Waals surface area contributed by atoms with E-state index in [1.807, 2.05) is 31.0 Å². The lowest BCUT2D eigenvalue weighted by Gasteiger charge is -2.13. The maximum Gasteiger partial charge on any atom is 0.276 e. The van der Waals surface area contributed by atoms with E-state index in [4.69, 9.17) is 12.2 Å². The van der Waals surface area contributed by atoms with E-state index in [-0.39, 0.29) is 5.91 Å². The van der Waals surface area contributed by atoms with Gasteiger partial charge in [-0.15, -0.1) is 0 Å². The Morgan fingerprint density at radius 1 is 1.03 bits per heavy atom. The average molecular weight is 404 g/mol. The molecule has 1 aliphatic heterocycles. The second kappa shape index (κ2) is 7.84. The minimum Gasteiger partial charge on any atom is -0.342 e. The zero-order valence-corrected chi connectivity index (χ0v) is 17.9. The second-order valence-corrected chi connectivity index (χ2v) is 7.65. The first-order valence-corrected chi connectivity index (χ1v) is 10.4. The summed E-state index contributed by atoms with van der Waals surface area (Å²) in [4.78, 5) is 16.3. The summed E-state index contributed by atoms with van der Waals surface area (Å²) in [6.45, 7) is 5.49. The third kappa shape index (κ3) is 3.36. The van der Waals surface area contributed by atoms with E-state index in [1.165, 1.54) is 16.6 Å². The van der Waals surface area contributed by atoms with Crippen LogP contribution in [-0.4, -0.2) is 39.0 Å². The predicted octanol–water partition coefficient (Wildman–Crippen LogP) is 4.67. The number of likely N-dealkylation sites (N-methyl/N-ethyl adjacent to an activating group) is 2. The maximum atomic E-state index is 12.8. The normalized spacial score (nSPS) is 15.9. The first-order valence-electron chi connectivity index (χ1n) is 10.0. The molecule has 2 heterocycles. The molecule has 29 heavy (non-hydrogen) atoms. The lowest BCUT2D eigenvalue weighted by molar-refractivity contribution is -0.122. The van der Waals surface area contributed by atoms with Crippen LogP contribution in [-0.2, 0) is 17.8 Å². The summed E-state index contributed by atoms with van der Waals surface area (Å²) in [5, 5.41) is 1.72. The van der Waals surface area contributed by atoms with Crippen molar-refractivity contribution in [2.75, 3.05) is 13.6 Å². The van der Waals surface area contributed by atoms with Crippen molar-refractivity contribution < 1.29 is 4.79 Å². The van der Waals surface area contributed by atoms with Gasteiger partial charge in [0.15, 0.2) is 5.11 Å². The Kier molecular flexibility index (Phi) is 5.24. The number of rotatable bonds is 5. The van der Waals surface area contributed by atoms with Gasteiger partial charge in [-0.2, -0.15) is 0 Å². The molecular weight excluding hydrogens is 378 g/mol. The van der Waals surface area contributed by atoms with Crippen molar-refractivity contribution in [2.45, 2.75) is 26.8 Å². The average Bonchev–Trinajstić information content (AvgIpc) is 3.19. The van der Waals surface area contributed by atoms with Crippen LogP contribution in [0, 0.1) is 0 Å². The van der Waals surface area contributed by atoms with E-state index in [2.05, 4.69) is 60.2 Å². The lowest BCUT2D eigenvalue weighted by Crippen LogP contribution is -2.30. The Bertz CT molecular complexity index is 1110. The number of benzene rings is 2. The highest BCUT2D eigenvalue weighted by molar-refractivity contribution is 7.80. The lowest BCUT2D eigenvalue weighted by atomic mass is 10.1. The third-order valence-electron chi connectivity index (χ3n) is 5.54. The van der Waals surface area contributed by atoms with Gasteiger partial charge in [-0.05, 0) is 42.8 Å². The van der Waals surface area contributed by atoms with Crippen molar-refractivity contribution >= 4 is 40.2 Å². The first kappa shape index (κ1) is 19.4. The molecule has 0 N–H and O–H groups in total. The van der Waals surface area contributed by atoms with E-state index in [0.29, 0.717) is 17.4 Å². The molecule has 0 aliphatic carbocycles. The summed E-state index contributed by atoms with van der Waals surface area (Å²) >= 11 is 5.45. The smallest absolute Gasteiger partial charge is 0.276 e. The number of para-hydroxylation sites is 1. The zero-order chi connectivity index (χ0) is 20.5. The van der Waals surface area contributed by atoms with Crippen molar-refractivity contribution in [1.29, 1.82) is 0 Å². The van der Waals surface area contributed by atoms with Gasteiger partial charge >= 0.3 is 0 Å². The van der Waals surface area contributed by atoms with Crippen LogP contribution >= 0.6 is 12.2 Å². The van der Waals surface area contributed by atoms with Crippen LogP contribution in [0.5, 0.6) is 0 Å². The summed E-state index contributed by atoms with van der Waals surface area (Å²) in [7, 11) is 1.86. The molecule has 1 amide bonds. The highest BCUT2D eigenvalue weighted by Gasteiger charge is 2.34. The Hall–Kier alpha value is -2.92. The van der Waals surface area contributed by atoms with Crippen LogP contribution in [0.1, 0.15) is 30.5 Å². The van der Waals surface area contributed by atoms with Crippen LogP contribution in [0.3, 0.4) is 0 Å². The minimum absolute atomic E-state index is 0.0318. The van der Waals surface area contributed by atoms with Crippen molar-refractivity contribution in [3.05, 3.63) is 77.1 Å². The molecular formula is C24H25N3OS. The molecule has 2 aromatic carbocycles. The number of aryl methyl sites for hydroxylation is 1. The van der Waals surface area contributed by atoms with E-state index in [9.17, 15) is 4.79 Å². The predicted molar refractivity (Wildman–Crippen MR) is 123 cm³/mol. The molecule has 3 aromatic rings. The maximum absolute atomic E-state index is 12.8. The van der Waals surface area contributed by atoms with E-state index < -0.39 is 0 Å². The molecule has 5 heteroatoms. The van der Waals surface area contributed by atoms with Crippen LogP contribution < -0.4 is 0 Å². The van der Waals surface area contributed by atoms with Crippen LogP contribution in [0.15, 0.2) is 60.4 Å². The number of carbonyl (C=O) groups is 1. The quantitative estimate of drug-likeness (QED) is 0.458. The second-order valence-electron chi connectivity index (χ2n) is 7.29. The highest BCUT2D eigenvalue weighted by Crippen LogP contribution is 2.30. The molecule has 0 saturated carbocycles. The number of carbonyl (C=O) groups excluding carboxylic acids is 1. The van der Waals surface area contributed by atoms with Gasteiger partial charge in [-0.25, -0.2) is 0 Å². The fourth-order valence-corrected chi connectivity index (χ4v) is 4.32. The Balaban J connectivity index is 1.86. The van der Waals surface area contributed by atoms with Gasteiger partial charge in [0.25, 0.3) is 5.91 Å². The first-order chi connectivity index (χ1) is 14.0. The van der Waals surface area contributed by atoms with Gasteiger partial charge in [0.05, 0.1) is 5.52 Å². The number of amides is 1. The van der Waals surface area contributed by atoms with Crippen LogP contribution in [0.25, 0.3) is 17.0 Å². The Morgan fingerprint density at radius 2 is 1.79 bits per heavy atom. The molecule has 148 valence electrons. The molecule has 1 saturated heterocycles. The van der Waals surface area contributed by atoms with E-state index >= 15 is 0 Å². The van der Waals surface area contributed by atoms with Gasteiger partial charge < -0.3 is 9.47 Å². The number of thiocarbonyl (C=S) groups is 1. The minimum atomic E-state index is -0.0318. The number of aromatic nitrogens is 1. The molecule has 1 aliphatic rings. The summed E-state index contributed by atoms with van der Waals surface area (Å²) in [5.41, 5.74) is 5.45. The SMILES string of the molecule is CCc1cccc2c(/C=C3/C(=O)N(CC)C(=S)N3C)cn(Cc3ccccc3)c12. The summed E-state index contributed by atoms with van der Waals surface area (Å²) in [6, 6.07) is 16.9. The van der Waals surface area contributed by atoms with E-state index in [1.54, 1.807) is 4.90 Å². The summed E-state index contributed by atoms with van der Waals surface area (Å²) < 4.78 is 2.30. The standard InChI is InChI=1S/C24H25N3OS/c1-4-18-12-9-13-20-19(14-21-23(28)27(5-2)24(29)25(21)3)16-26(22(18)20)15-17-10-7-6-8-11-17/h6-14,16H,4-5,15H2,1-3H3/b21-14-. The van der Waals surface area contributed by atoms with Crippen molar-refractivity contribution in [1.82, 2.24) is 14.4 Å². The van der Waals surface area contributed by atoms with Gasteiger partial charge in [-0.3, -0.25) is 9.69 Å². The molecule has 0 bridgehead atoms. The van der Waals surface area contributed by atoms with Gasteiger partial charge in [0.2, 0.25) is 0 Å². The van der Waals surface area contributed by atoms with Gasteiger partial charge in [0, 0.05) is 37.3 Å². The van der Waals surface area contributed by atoms with Crippen LogP contribution in [0.4, 0.5) is 0 Å². The molecule has 4 nitrogen and oxygen atoms in total. The number of fused-ring (bicyclic) bond motifs is 1. The number of hydrogen-bond acceptors (Lipinski definition) is 2. The van der Waals surface area contributed by atoms with Crippen molar-refractivity contribution in [2.24, 2.45) is 0 Å². The molecule has 0 atom stereocenters. The summed E-state index contributed by atoms with van der Waals surface area (Å²) in [5.74, 6) is -0.0318. The summed E-state index contributed by atoms with van der Waals surface area (Å²) in [6.07, 6.45) is 5.09. The fraction of sp³-hybridized carbons (Fsp3) is 0.250. The Labute approximate surface area is 177 Å². The Morgan fingerprint density at radius 3 is 2.45 bits per heavy atom. The fourth-order valence-electron chi connectivity index (χ4n) is 4.01. The highest BCUT2D eigenvalue weighted by atomic mass is 32.1. The number of hydrogen-bond donors (Lipinski definition) is 0. The zero-order valence-electron chi connectivity index (χ0n) is 17.1. The molecule has 0 unspecified atom stereocenters. The largest absolute Gasteiger partial charge is 0.342 e. The van der Waals surface area contributed by atoms with Gasteiger partial charge in [0.1, 0.15) is 5.70 Å². The monoisotopic (exact) mass is 403 g/mol. The van der Waals surface area contributed by atoms with Crippen LogP contribution in [0.2, 0.25) is 0 Å². The molecule has 4 rings (SSSR count). The van der Waals surface area contributed by atoms with Gasteiger partial charge in [-0.1, -0.05) is 55.5 Å². The molecule has 0 spiro atoms. The third-order valence-corrected chi connectivity index (χ3v) is 6.04. The van der Waals surface area contributed by atoms with Crippen molar-refractivity contribution in [3.8, 4) is 0 Å².